The molecule has 0 saturated carbocycles. The summed E-state index contributed by atoms with van der Waals surface area (Å²) in [7, 11) is 1.10. The van der Waals surface area contributed by atoms with Gasteiger partial charge in [-0.05, 0) is 20.8 Å². The molecule has 0 aromatic carbocycles. The average Bonchev–Trinajstić information content (AvgIpc) is 1.35. The quantitative estimate of drug-likeness (QED) is 0.582. The van der Waals surface area contributed by atoms with Crippen LogP contribution in [0, 0.1) is 0 Å². The van der Waals surface area contributed by atoms with E-state index < -0.39 is 0 Å². The van der Waals surface area contributed by atoms with Crippen LogP contribution in [0.2, 0.25) is 0 Å². The van der Waals surface area contributed by atoms with E-state index in [9.17, 15) is 0 Å². The molecule has 0 unspecified atom stereocenters. The molecule has 0 aliphatic carbocycles. The van der Waals surface area contributed by atoms with Crippen LogP contribution < -0.4 is 4.98 Å². The monoisotopic (exact) mass is 312 g/mol. The minimum Gasteiger partial charge on any atom is -0.341 e. The second-order valence-electron chi connectivity index (χ2n) is 2.50. The topological polar surface area (TPSA) is 12.0 Å². The third-order valence-electron chi connectivity index (χ3n) is 0.750. The van der Waals surface area contributed by atoms with Crippen molar-refractivity contribution < 1.29 is 0 Å². The molecule has 0 heterocycles. The summed E-state index contributed by atoms with van der Waals surface area (Å²) in [6.45, 7) is 6.50. The van der Waals surface area contributed by atoms with Crippen molar-refractivity contribution in [3.63, 3.8) is 0 Å². The molecule has 0 aliphatic rings. The molecule has 1 nitrogen and oxygen atoms in total. The van der Waals surface area contributed by atoms with Crippen molar-refractivity contribution in [3.8, 4) is 0 Å². The van der Waals surface area contributed by atoms with Gasteiger partial charge >= 0.3 is 0 Å². The van der Waals surface area contributed by atoms with Gasteiger partial charge in [-0.1, -0.05) is 0 Å². The normalized spacial score (nSPS) is 10.7. The van der Waals surface area contributed by atoms with Crippen LogP contribution in [0.4, 0.5) is 0 Å². The molecule has 0 fully saturated rings. The fraction of sp³-hybridized carbons (Fsp3) is 1.00. The Hall–Kier alpha value is 1.06. The van der Waals surface area contributed by atoms with E-state index in [0.717, 1.165) is 10.4 Å². The van der Waals surface area contributed by atoms with Crippen LogP contribution in [0.5, 0.6) is 0 Å². The smallest absolute Gasteiger partial charge is 0.0755 e. The van der Waals surface area contributed by atoms with Crippen molar-refractivity contribution in [1.29, 1.82) is 0 Å². The van der Waals surface area contributed by atoms with Crippen molar-refractivity contribution in [3.05, 3.63) is 0 Å². The maximum atomic E-state index is 3.24. The fourth-order valence-electron chi connectivity index (χ4n) is 0. The Kier molecular flexibility index (Phi) is 6.24. The van der Waals surface area contributed by atoms with Crippen LogP contribution >= 0.6 is 0 Å². The first kappa shape index (κ1) is 10.9. The summed E-state index contributed by atoms with van der Waals surface area (Å²) in [5.74, 6) is 0. The summed E-state index contributed by atoms with van der Waals surface area (Å²) in [4.78, 5) is 3.24. The minimum atomic E-state index is 0. The molecule has 43 valence electrons. The molecular weight excluding hydrogens is 299 g/mol. The van der Waals surface area contributed by atoms with Crippen LogP contribution in [0.25, 0.3) is 0 Å². The van der Waals surface area contributed by atoms with Gasteiger partial charge < -0.3 is 4.98 Å². The molecule has 0 bridgehead atoms. The summed E-state index contributed by atoms with van der Waals surface area (Å²) in [5, 5.41) is 0. The summed E-state index contributed by atoms with van der Waals surface area (Å²) in [6.07, 6.45) is 0. The maximum absolute atomic E-state index is 3.24. The van der Waals surface area contributed by atoms with Crippen molar-refractivity contribution in [2.24, 2.45) is 0 Å². The Morgan fingerprint density at radius 2 is 1.43 bits per heavy atom. The van der Waals surface area contributed by atoms with Gasteiger partial charge in [0.25, 0.3) is 0 Å². The minimum absolute atomic E-state index is 0. The van der Waals surface area contributed by atoms with Gasteiger partial charge in [-0.25, -0.2) is 0 Å². The molecule has 0 atom stereocenters. The first-order valence-electron chi connectivity index (χ1n) is 2.25. The van der Waals surface area contributed by atoms with Crippen LogP contribution in [0.3, 0.4) is 0 Å². The molecule has 3 radical (unpaired) electrons. The number of rotatable bonds is 0. The Balaban J connectivity index is 0. The molecule has 0 amide bonds. The molecule has 0 rings (SSSR count). The van der Waals surface area contributed by atoms with E-state index >= 15 is 0 Å². The van der Waals surface area contributed by atoms with Gasteiger partial charge in [0.15, 0.2) is 0 Å². The van der Waals surface area contributed by atoms with Crippen LogP contribution in [-0.2, 0) is 0 Å². The molecule has 7 heavy (non-hydrogen) atoms. The van der Waals surface area contributed by atoms with E-state index in [1.807, 2.05) is 0 Å². The van der Waals surface area contributed by atoms with Crippen LogP contribution in [0.15, 0.2) is 0 Å². The second kappa shape index (κ2) is 3.99. The molecular formula is C4H13BiNSi. The van der Waals surface area contributed by atoms with E-state index in [0.29, 0.717) is 5.54 Å². The van der Waals surface area contributed by atoms with Gasteiger partial charge in [-0.3, -0.25) is 0 Å². The Morgan fingerprint density at radius 1 is 1.29 bits per heavy atom. The fourth-order valence-corrected chi connectivity index (χ4v) is 0. The van der Waals surface area contributed by atoms with Gasteiger partial charge in [-0.15, -0.1) is 0 Å². The van der Waals surface area contributed by atoms with Gasteiger partial charge in [0.05, 0.1) is 10.4 Å². The number of hydrogen-bond acceptors (Lipinski definition) is 1. The third-order valence-corrected chi connectivity index (χ3v) is 2.25. The number of hydrogen-bond donors (Lipinski definition) is 1. The molecule has 0 spiro atoms. The first-order chi connectivity index (χ1) is 2.56. The summed E-state index contributed by atoms with van der Waals surface area (Å²) < 4.78 is 0. The Morgan fingerprint density at radius 3 is 1.43 bits per heavy atom. The SMILES string of the molecule is CC(C)(C)N[SiH3].[Bi]. The van der Waals surface area contributed by atoms with Gasteiger partial charge in [-0.2, -0.15) is 0 Å². The molecule has 1 N–H and O–H groups in total. The van der Waals surface area contributed by atoms with E-state index in [1.165, 1.54) is 0 Å². The van der Waals surface area contributed by atoms with Gasteiger partial charge in [0.2, 0.25) is 0 Å². The Bertz CT molecular complexity index is 41.4. The molecule has 0 saturated heterocycles. The van der Waals surface area contributed by atoms with Crippen LogP contribution in [-0.4, -0.2) is 42.1 Å². The van der Waals surface area contributed by atoms with E-state index in [4.69, 9.17) is 0 Å². The largest absolute Gasteiger partial charge is 0.341 e. The van der Waals surface area contributed by atoms with E-state index in [-0.39, 0.29) is 26.2 Å². The zero-order chi connectivity index (χ0) is 5.21. The van der Waals surface area contributed by atoms with Crippen molar-refractivity contribution in [2.45, 2.75) is 26.3 Å². The van der Waals surface area contributed by atoms with Gasteiger partial charge in [0.1, 0.15) is 0 Å². The van der Waals surface area contributed by atoms with Gasteiger partial charge in [0, 0.05) is 31.7 Å². The van der Waals surface area contributed by atoms with Crippen molar-refractivity contribution >= 4 is 36.6 Å². The molecule has 0 aromatic rings. The summed E-state index contributed by atoms with van der Waals surface area (Å²) >= 11 is 0. The van der Waals surface area contributed by atoms with Crippen molar-refractivity contribution in [1.82, 2.24) is 4.98 Å². The standard InChI is InChI=1S/C4H13NSi.Bi/c1-4(2,3)5-6;/h5H,1-3,6H3;. The molecule has 3 heteroatoms. The predicted octanol–water partition coefficient (Wildman–Crippen LogP) is -0.726. The first-order valence-corrected chi connectivity index (χ1v) is 3.25. The summed E-state index contributed by atoms with van der Waals surface area (Å²) in [6, 6.07) is 0. The van der Waals surface area contributed by atoms with Crippen molar-refractivity contribution in [2.75, 3.05) is 0 Å². The molecule has 0 aromatic heterocycles. The van der Waals surface area contributed by atoms with E-state index in [1.54, 1.807) is 0 Å². The maximum Gasteiger partial charge on any atom is 0.0755 e. The second-order valence-corrected chi connectivity index (χ2v) is 3.00. The Labute approximate surface area is 67.9 Å². The zero-order valence-electron chi connectivity index (χ0n) is 5.45. The summed E-state index contributed by atoms with van der Waals surface area (Å²) in [5.41, 5.74) is 0.353. The number of nitrogens with one attached hydrogen (secondary N) is 1. The van der Waals surface area contributed by atoms with E-state index in [2.05, 4.69) is 25.8 Å². The predicted molar refractivity (Wildman–Crippen MR) is 38.6 cm³/mol. The average molecular weight is 312 g/mol. The van der Waals surface area contributed by atoms with Crippen LogP contribution in [0.1, 0.15) is 20.8 Å². The zero-order valence-corrected chi connectivity index (χ0v) is 10.9. The third kappa shape index (κ3) is 11.0. The molecule has 0 aliphatic heterocycles.